The van der Waals surface area contributed by atoms with Gasteiger partial charge in [0.25, 0.3) is 5.91 Å². The van der Waals surface area contributed by atoms with E-state index in [1.807, 2.05) is 38.4 Å². The van der Waals surface area contributed by atoms with E-state index in [9.17, 15) is 14.7 Å². The lowest BCUT2D eigenvalue weighted by atomic mass is 9.98. The van der Waals surface area contributed by atoms with Crippen molar-refractivity contribution in [2.45, 2.75) is 31.2 Å². The Morgan fingerprint density at radius 2 is 1.82 bits per heavy atom. The molecule has 9 nitrogen and oxygen atoms in total. The first-order valence-electron chi connectivity index (χ1n) is 12.4. The van der Waals surface area contributed by atoms with Crippen LogP contribution in [-0.2, 0) is 11.2 Å². The number of nitrogens with two attached hydrogens (primary N) is 1. The minimum absolute atomic E-state index is 0.127. The van der Waals surface area contributed by atoms with Gasteiger partial charge in [0.05, 0.1) is 5.01 Å². The number of phenolic OH excluding ortho intramolecular Hbond substituents is 1. The van der Waals surface area contributed by atoms with Gasteiger partial charge in [0.1, 0.15) is 17.5 Å². The van der Waals surface area contributed by atoms with Gasteiger partial charge in [0.2, 0.25) is 5.91 Å². The van der Waals surface area contributed by atoms with Crippen LogP contribution in [-0.4, -0.2) is 65.1 Å². The Morgan fingerprint density at radius 1 is 1.16 bits per heavy atom. The highest BCUT2D eigenvalue weighted by molar-refractivity contribution is 7.80. The van der Waals surface area contributed by atoms with Crippen molar-refractivity contribution in [2.24, 2.45) is 5.73 Å². The molecule has 2 aromatic carbocycles. The van der Waals surface area contributed by atoms with Crippen molar-refractivity contribution in [3.05, 3.63) is 70.2 Å². The van der Waals surface area contributed by atoms with Gasteiger partial charge in [0.15, 0.2) is 5.11 Å². The summed E-state index contributed by atoms with van der Waals surface area (Å²) in [5.74, 6) is -0.697. The van der Waals surface area contributed by atoms with Crippen LogP contribution in [0.4, 0.5) is 11.4 Å². The van der Waals surface area contributed by atoms with Crippen molar-refractivity contribution in [3.8, 4) is 5.75 Å². The summed E-state index contributed by atoms with van der Waals surface area (Å²) < 4.78 is 0. The van der Waals surface area contributed by atoms with E-state index < -0.39 is 17.9 Å². The third-order valence-electron chi connectivity index (χ3n) is 6.55. The molecule has 3 aromatic rings. The van der Waals surface area contributed by atoms with Gasteiger partial charge in [-0.15, -0.1) is 11.3 Å². The van der Waals surface area contributed by atoms with Gasteiger partial charge in [-0.25, -0.2) is 4.98 Å². The molecule has 200 valence electrons. The third kappa shape index (κ3) is 6.99. The van der Waals surface area contributed by atoms with Crippen LogP contribution in [0.2, 0.25) is 0 Å². The molecule has 0 radical (unpaired) electrons. The highest BCUT2D eigenvalue weighted by atomic mass is 32.1. The smallest absolute Gasteiger partial charge is 0.271 e. The Kier molecular flexibility index (Phi) is 8.80. The number of carbonyl (C=O) groups excluding carboxylic acids is 2. The number of thiocarbonyl (C=S) groups is 1. The number of hydrogen-bond acceptors (Lipinski definition) is 7. The normalized spacial score (nSPS) is 14.5. The zero-order valence-corrected chi connectivity index (χ0v) is 23.0. The summed E-state index contributed by atoms with van der Waals surface area (Å²) in [7, 11) is 4.01. The van der Waals surface area contributed by atoms with Gasteiger partial charge in [-0.3, -0.25) is 9.59 Å². The Labute approximate surface area is 231 Å². The topological polar surface area (TPSA) is 124 Å². The Bertz CT molecular complexity index is 1270. The fraction of sp³-hybridized carbons (Fsp3) is 0.333. The molecule has 2 amide bonds. The summed E-state index contributed by atoms with van der Waals surface area (Å²) in [6.45, 7) is 1.59. The number of phenols is 1. The molecule has 1 unspecified atom stereocenters. The summed E-state index contributed by atoms with van der Waals surface area (Å²) >= 11 is 7.09. The molecule has 2 heterocycles. The minimum atomic E-state index is -0.881. The maximum Gasteiger partial charge on any atom is 0.271 e. The SMILES string of the molecule is CN(C)c1ccc(NC(=S)N2CCC(c3nc(C(=O)NC(Cc4ccc(O)cc4)C(N)=O)cs3)CC2)cc1. The van der Waals surface area contributed by atoms with Crippen molar-refractivity contribution in [1.29, 1.82) is 0 Å². The highest BCUT2D eigenvalue weighted by Gasteiger charge is 2.26. The molecule has 0 saturated carbocycles. The van der Waals surface area contributed by atoms with Gasteiger partial charge >= 0.3 is 0 Å². The maximum absolute atomic E-state index is 12.8. The summed E-state index contributed by atoms with van der Waals surface area (Å²) in [5.41, 5.74) is 8.66. The highest BCUT2D eigenvalue weighted by Crippen LogP contribution is 2.31. The van der Waals surface area contributed by atoms with Gasteiger partial charge in [-0.05, 0) is 67.0 Å². The molecule has 1 aliphatic heterocycles. The van der Waals surface area contributed by atoms with Crippen LogP contribution >= 0.6 is 23.6 Å². The molecule has 1 fully saturated rings. The minimum Gasteiger partial charge on any atom is -0.508 e. The average molecular weight is 553 g/mol. The number of aromatic nitrogens is 1. The molecule has 4 rings (SSSR count). The number of hydrogen-bond donors (Lipinski definition) is 4. The number of carbonyl (C=O) groups is 2. The van der Waals surface area contributed by atoms with E-state index in [4.69, 9.17) is 18.0 Å². The number of likely N-dealkylation sites (tertiary alicyclic amines) is 1. The van der Waals surface area contributed by atoms with Crippen LogP contribution in [0.1, 0.15) is 39.8 Å². The monoisotopic (exact) mass is 552 g/mol. The molecular weight excluding hydrogens is 520 g/mol. The van der Waals surface area contributed by atoms with E-state index in [0.717, 1.165) is 47.9 Å². The lowest BCUT2D eigenvalue weighted by molar-refractivity contribution is -0.119. The second-order valence-electron chi connectivity index (χ2n) is 9.50. The number of thiazole rings is 1. The van der Waals surface area contributed by atoms with E-state index in [0.29, 0.717) is 5.11 Å². The Balaban J connectivity index is 1.29. The fourth-order valence-corrected chi connectivity index (χ4v) is 5.55. The van der Waals surface area contributed by atoms with Crippen LogP contribution in [0.5, 0.6) is 5.75 Å². The van der Waals surface area contributed by atoms with Gasteiger partial charge in [-0.1, -0.05) is 12.1 Å². The molecule has 1 aromatic heterocycles. The van der Waals surface area contributed by atoms with Crippen molar-refractivity contribution in [1.82, 2.24) is 15.2 Å². The molecule has 0 spiro atoms. The predicted octanol–water partition coefficient (Wildman–Crippen LogP) is 3.32. The molecule has 0 aliphatic carbocycles. The van der Waals surface area contributed by atoms with Crippen molar-refractivity contribution in [3.63, 3.8) is 0 Å². The average Bonchev–Trinajstić information content (AvgIpc) is 3.40. The second kappa shape index (κ2) is 12.2. The van der Waals surface area contributed by atoms with E-state index in [-0.39, 0.29) is 23.8 Å². The van der Waals surface area contributed by atoms with Crippen LogP contribution in [0.3, 0.4) is 0 Å². The van der Waals surface area contributed by atoms with Crippen LogP contribution in [0.15, 0.2) is 53.9 Å². The first kappa shape index (κ1) is 27.3. The number of nitrogens with zero attached hydrogens (tertiary/aromatic N) is 3. The summed E-state index contributed by atoms with van der Waals surface area (Å²) in [4.78, 5) is 33.6. The number of benzene rings is 2. The zero-order chi connectivity index (χ0) is 27.2. The molecule has 1 saturated heterocycles. The zero-order valence-electron chi connectivity index (χ0n) is 21.4. The van der Waals surface area contributed by atoms with Crippen LogP contribution < -0.4 is 21.3 Å². The standard InChI is InChI=1S/C27H32N6O3S2/c1-32(2)20-7-5-19(6-8-20)29-27(37)33-13-11-18(12-14-33)26-31-23(16-38-26)25(36)30-22(24(28)35)15-17-3-9-21(34)10-4-17/h3-10,16,18,22,34H,11-15H2,1-2H3,(H2,28,35)(H,29,37)(H,30,36). The predicted molar refractivity (Wildman–Crippen MR) is 155 cm³/mol. The van der Waals surface area contributed by atoms with Crippen molar-refractivity contribution < 1.29 is 14.7 Å². The fourth-order valence-electron chi connectivity index (χ4n) is 4.28. The van der Waals surface area contributed by atoms with Gasteiger partial charge in [-0.2, -0.15) is 0 Å². The number of aromatic hydroxyl groups is 1. The lowest BCUT2D eigenvalue weighted by Gasteiger charge is -2.33. The van der Waals surface area contributed by atoms with Gasteiger partial charge < -0.3 is 31.3 Å². The van der Waals surface area contributed by atoms with E-state index in [1.54, 1.807) is 17.5 Å². The molecule has 5 N–H and O–H groups in total. The van der Waals surface area contributed by atoms with Gasteiger partial charge in [0, 0.05) is 56.3 Å². The first-order valence-corrected chi connectivity index (χ1v) is 13.6. The van der Waals surface area contributed by atoms with Crippen molar-refractivity contribution >= 4 is 51.9 Å². The number of primary amides is 1. The lowest BCUT2D eigenvalue weighted by Crippen LogP contribution is -2.46. The number of anilines is 2. The largest absolute Gasteiger partial charge is 0.508 e. The molecule has 1 atom stereocenters. The van der Waals surface area contributed by atoms with Crippen molar-refractivity contribution in [2.75, 3.05) is 37.4 Å². The van der Waals surface area contributed by atoms with E-state index in [2.05, 4.69) is 25.4 Å². The third-order valence-corrected chi connectivity index (χ3v) is 7.91. The molecule has 38 heavy (non-hydrogen) atoms. The second-order valence-corrected chi connectivity index (χ2v) is 10.8. The van der Waals surface area contributed by atoms with Crippen LogP contribution in [0, 0.1) is 0 Å². The summed E-state index contributed by atoms with van der Waals surface area (Å²) in [6, 6.07) is 13.7. The van der Waals surface area contributed by atoms with E-state index >= 15 is 0 Å². The Hall–Kier alpha value is -3.70. The quantitative estimate of drug-likeness (QED) is 0.314. The number of amides is 2. The molecule has 0 bridgehead atoms. The summed E-state index contributed by atoms with van der Waals surface area (Å²) in [6.07, 6.45) is 1.98. The first-order chi connectivity index (χ1) is 18.2. The summed E-state index contributed by atoms with van der Waals surface area (Å²) in [5, 5.41) is 18.8. The number of nitrogens with one attached hydrogen (secondary N) is 2. The molecule has 1 aliphatic rings. The number of piperidine rings is 1. The Morgan fingerprint density at radius 3 is 2.42 bits per heavy atom. The molecular formula is C27H32N6O3S2. The number of rotatable bonds is 8. The molecule has 11 heteroatoms. The van der Waals surface area contributed by atoms with E-state index in [1.165, 1.54) is 23.5 Å². The van der Waals surface area contributed by atoms with Crippen LogP contribution in [0.25, 0.3) is 0 Å². The maximum atomic E-state index is 12.8.